The van der Waals surface area contributed by atoms with Crippen molar-refractivity contribution in [1.29, 1.82) is 0 Å². The number of nitrogens with one attached hydrogen (secondary N) is 2. The summed E-state index contributed by atoms with van der Waals surface area (Å²) < 4.78 is 6.77. The molecule has 9 aliphatic rings. The summed E-state index contributed by atoms with van der Waals surface area (Å²) in [5, 5.41) is 54.2. The molecule has 2 aromatic carbocycles. The van der Waals surface area contributed by atoms with E-state index in [1.807, 2.05) is 32.2 Å². The number of aliphatic hydroxyl groups is 3. The Morgan fingerprint density at radius 3 is 2.40 bits per heavy atom. The third kappa shape index (κ3) is 9.04. The van der Waals surface area contributed by atoms with Gasteiger partial charge in [-0.05, 0) is 215 Å². The molecule has 7 aliphatic carbocycles. The summed E-state index contributed by atoms with van der Waals surface area (Å²) in [5.74, 6) is 1.92. The molecule has 0 bridgehead atoms. The maximum atomic E-state index is 16.0. The number of hydrogen-bond acceptors (Lipinski definition) is 10. The molecule has 2 aromatic rings. The Bertz CT molecular complexity index is 2500. The number of nitrogens with two attached hydrogens (primary N) is 1. The van der Waals surface area contributed by atoms with E-state index in [2.05, 4.69) is 62.6 Å². The standard InChI is InChI=1S/C65H95N3O7/c1-60(74)25-10-11-26-61(2)57-52(68-38-60)34-63(4)55(65(57,44-18-8-7-9-19-44)33-49(58(61)73)43-28-40(36-67-6)29-46(70)31-43)24-23-51-56(54(72)35-62(51,63)3)48(41-16-12-15-39(27-41)37-69)32-53(71)59-64(5,75-59)50-22-14-21-47(50)42-17-13-20-45(66)30-42/h13,17,20,28-31,39,41,44,47-50,52-53,55,57,59,67-71,74H,7-12,14-16,18-19,21-27,32-38,66H2,1-6H3/t39-,41+,47-,48-,49+,50-,52-,53+,55-,57-,59+,60-,61+,62-,63-,64+,65+/m0/s1. The first kappa shape index (κ1) is 53.9. The van der Waals surface area contributed by atoms with E-state index in [1.54, 1.807) is 0 Å². The smallest absolute Gasteiger partial charge is 0.160 e. The number of aliphatic hydroxyl groups excluding tert-OH is 2. The number of phenolic OH excluding ortho intramolecular Hbond substituents is 1. The number of carbonyl (C=O) groups is 2. The van der Waals surface area contributed by atoms with Gasteiger partial charge >= 0.3 is 0 Å². The number of ketones is 2. The highest BCUT2D eigenvalue weighted by Gasteiger charge is 2.75. The quantitative estimate of drug-likeness (QED) is 0.0800. The van der Waals surface area contributed by atoms with Gasteiger partial charge in [-0.15, -0.1) is 0 Å². The molecule has 2 saturated heterocycles. The number of hydrogen-bond donors (Lipinski definition) is 7. The van der Waals surface area contributed by atoms with Gasteiger partial charge in [0.25, 0.3) is 0 Å². The molecule has 8 N–H and O–H groups in total. The number of aromatic hydroxyl groups is 1. The van der Waals surface area contributed by atoms with E-state index in [4.69, 9.17) is 10.5 Å². The van der Waals surface area contributed by atoms with Gasteiger partial charge in [0, 0.05) is 54.6 Å². The van der Waals surface area contributed by atoms with Gasteiger partial charge in [-0.2, -0.15) is 0 Å². The van der Waals surface area contributed by atoms with Gasteiger partial charge in [0.2, 0.25) is 0 Å². The number of anilines is 1. The Balaban J connectivity index is 1.01. The fourth-order valence-electron chi connectivity index (χ4n) is 20.4. The summed E-state index contributed by atoms with van der Waals surface area (Å²) >= 11 is 0. The Kier molecular flexibility index (Phi) is 14.5. The molecule has 75 heavy (non-hydrogen) atoms. The van der Waals surface area contributed by atoms with Crippen LogP contribution in [-0.2, 0) is 20.9 Å². The summed E-state index contributed by atoms with van der Waals surface area (Å²) in [6.07, 6.45) is 19.4. The lowest BCUT2D eigenvalue weighted by molar-refractivity contribution is -0.226. The monoisotopic (exact) mass is 1030 g/mol. The lowest BCUT2D eigenvalue weighted by Crippen LogP contribution is -2.73. The Morgan fingerprint density at radius 2 is 1.64 bits per heavy atom. The number of allylic oxidation sites excluding steroid dienone is 2. The number of Topliss-reactive ketones (excluding diaryl/α,β-unsaturated/α-hetero) is 2. The highest BCUT2D eigenvalue weighted by Crippen LogP contribution is 2.78. The van der Waals surface area contributed by atoms with E-state index >= 15 is 9.59 Å². The van der Waals surface area contributed by atoms with E-state index in [0.717, 1.165) is 125 Å². The highest BCUT2D eigenvalue weighted by molar-refractivity contribution is 6.01. The summed E-state index contributed by atoms with van der Waals surface area (Å²) in [5.41, 5.74) is 9.57. The molecule has 2 aliphatic heterocycles. The van der Waals surface area contributed by atoms with Gasteiger partial charge in [0.1, 0.15) is 17.6 Å². The largest absolute Gasteiger partial charge is 0.508 e. The molecule has 0 radical (unpaired) electrons. The van der Waals surface area contributed by atoms with Crippen LogP contribution in [0, 0.1) is 63.1 Å². The molecule has 2 heterocycles. The number of benzene rings is 2. The number of fused-ring (bicyclic) bond motifs is 4. The summed E-state index contributed by atoms with van der Waals surface area (Å²) in [6, 6.07) is 14.2. The number of carbonyl (C=O) groups excluding carboxylic acids is 2. The molecule has 0 spiro atoms. The first-order valence-corrected chi connectivity index (χ1v) is 30.4. The van der Waals surface area contributed by atoms with Gasteiger partial charge in [0.15, 0.2) is 5.78 Å². The number of nitrogen functional groups attached to an aromatic ring is 1. The maximum absolute atomic E-state index is 16.0. The average molecular weight is 1030 g/mol. The first-order chi connectivity index (χ1) is 35.8. The van der Waals surface area contributed by atoms with Crippen LogP contribution < -0.4 is 16.4 Å². The van der Waals surface area contributed by atoms with Crippen molar-refractivity contribution in [2.24, 2.45) is 63.1 Å². The molecule has 10 nitrogen and oxygen atoms in total. The Morgan fingerprint density at radius 1 is 0.867 bits per heavy atom. The minimum Gasteiger partial charge on any atom is -0.508 e. The fourth-order valence-corrected chi connectivity index (χ4v) is 20.4. The third-order valence-corrected chi connectivity index (χ3v) is 23.8. The second-order valence-electron chi connectivity index (χ2n) is 28.1. The molecule has 6 saturated carbocycles. The van der Waals surface area contributed by atoms with Crippen molar-refractivity contribution in [2.45, 2.75) is 224 Å². The minimum absolute atomic E-state index is 0.0512. The van der Waals surface area contributed by atoms with Crippen molar-refractivity contribution in [3.05, 3.63) is 70.3 Å². The first-order valence-electron chi connectivity index (χ1n) is 30.4. The van der Waals surface area contributed by atoms with E-state index in [-0.39, 0.29) is 82.5 Å². The molecule has 11 rings (SSSR count). The molecule has 17 atom stereocenters. The number of ether oxygens (including phenoxy) is 1. The number of rotatable bonds is 12. The molecule has 0 amide bonds. The Hall–Kier alpha value is -3.12. The van der Waals surface area contributed by atoms with Crippen LogP contribution in [0.3, 0.4) is 0 Å². The number of phenols is 1. The molecular formula is C65H95N3O7. The molecule has 412 valence electrons. The van der Waals surface area contributed by atoms with Gasteiger partial charge < -0.3 is 41.5 Å². The maximum Gasteiger partial charge on any atom is 0.160 e. The van der Waals surface area contributed by atoms with Gasteiger partial charge in [0.05, 0.1) is 17.3 Å². The molecular weight excluding hydrogens is 935 g/mol. The van der Waals surface area contributed by atoms with Crippen LogP contribution in [0.1, 0.15) is 204 Å². The van der Waals surface area contributed by atoms with Gasteiger partial charge in [-0.3, -0.25) is 9.59 Å². The predicted molar refractivity (Wildman–Crippen MR) is 296 cm³/mol. The van der Waals surface area contributed by atoms with Crippen molar-refractivity contribution >= 4 is 17.3 Å². The van der Waals surface area contributed by atoms with Crippen molar-refractivity contribution in [3.63, 3.8) is 0 Å². The van der Waals surface area contributed by atoms with Crippen molar-refractivity contribution in [1.82, 2.24) is 10.6 Å². The predicted octanol–water partition coefficient (Wildman–Crippen LogP) is 11.2. The zero-order valence-corrected chi connectivity index (χ0v) is 46.7. The number of epoxide rings is 1. The average Bonchev–Trinajstić information content (AvgIpc) is 3.69. The normalized spacial score (nSPS) is 43.1. The van der Waals surface area contributed by atoms with E-state index in [1.165, 1.54) is 30.4 Å². The van der Waals surface area contributed by atoms with Gasteiger partial charge in [-0.25, -0.2) is 0 Å². The second-order valence-corrected chi connectivity index (χ2v) is 28.1. The highest BCUT2D eigenvalue weighted by atomic mass is 16.6. The third-order valence-electron chi connectivity index (χ3n) is 23.8. The SMILES string of the molecule is CNCc1cc(O)cc([C@H]2C[C@]3(C4CCCCC4)[C@H]4[C@H](C[C@@]5(C)[C@@H]3CCC3=C([C@@H](C[C@@H](O)[C@H]6O[C@]6(C)[C@H]6CCC[C@H]6c6cccc(N)c6)[C@@H]6CCC[C@H](CO)C6)C(=O)C[C@@]35C)NC[C@@](C)(O)CCCC[C@@]4(C)C2=O)c1. The van der Waals surface area contributed by atoms with E-state index in [0.29, 0.717) is 50.0 Å². The van der Waals surface area contributed by atoms with Gasteiger partial charge in [-0.1, -0.05) is 89.5 Å². The van der Waals surface area contributed by atoms with Crippen LogP contribution in [0.15, 0.2) is 53.6 Å². The second kappa shape index (κ2) is 20.2. The van der Waals surface area contributed by atoms with Crippen molar-refractivity contribution in [2.75, 3.05) is 25.9 Å². The molecule has 0 aromatic heterocycles. The fraction of sp³-hybridized carbons (Fsp3) is 0.754. The zero-order chi connectivity index (χ0) is 52.9. The van der Waals surface area contributed by atoms with Crippen LogP contribution in [0.4, 0.5) is 5.69 Å². The van der Waals surface area contributed by atoms with Crippen molar-refractivity contribution in [3.8, 4) is 5.75 Å². The van der Waals surface area contributed by atoms with E-state index in [9.17, 15) is 20.4 Å². The van der Waals surface area contributed by atoms with Crippen LogP contribution in [0.2, 0.25) is 0 Å². The zero-order valence-electron chi connectivity index (χ0n) is 46.7. The van der Waals surface area contributed by atoms with Crippen LogP contribution >= 0.6 is 0 Å². The van der Waals surface area contributed by atoms with Crippen LogP contribution in [0.25, 0.3) is 0 Å². The van der Waals surface area contributed by atoms with Crippen molar-refractivity contribution < 1.29 is 34.8 Å². The lowest BCUT2D eigenvalue weighted by atomic mass is 9.31. The topological polar surface area (TPSA) is 178 Å². The van der Waals surface area contributed by atoms with Crippen LogP contribution in [0.5, 0.6) is 5.75 Å². The molecule has 0 unspecified atom stereocenters. The summed E-state index contributed by atoms with van der Waals surface area (Å²) in [4.78, 5) is 31.8. The number of β-amino-alcohol motifs (C(OH)–C–C–N with tert-alkyl or cyclic N) is 1. The Labute approximate surface area is 449 Å². The lowest BCUT2D eigenvalue weighted by Gasteiger charge is -2.73. The van der Waals surface area contributed by atoms with Crippen LogP contribution in [-0.4, -0.2) is 81.6 Å². The molecule has 10 heteroatoms. The minimum atomic E-state index is -0.889. The summed E-state index contributed by atoms with van der Waals surface area (Å²) in [6.45, 7) is 12.8. The molecule has 8 fully saturated rings. The van der Waals surface area contributed by atoms with E-state index < -0.39 is 28.1 Å². The summed E-state index contributed by atoms with van der Waals surface area (Å²) in [7, 11) is 1.93.